The maximum Gasteiger partial charge on any atom is 0.343 e. The summed E-state index contributed by atoms with van der Waals surface area (Å²) in [5.74, 6) is -1.88. The van der Waals surface area contributed by atoms with Crippen LogP contribution in [-0.4, -0.2) is 50.4 Å². The zero-order valence-corrected chi connectivity index (χ0v) is 10.7. The molecule has 1 fully saturated rings. The smallest absolute Gasteiger partial charge is 0.343 e. The molecule has 2 rings (SSSR count). The predicted molar refractivity (Wildman–Crippen MR) is 64.5 cm³/mol. The molecular formula is C12H16FN3O3. The third kappa shape index (κ3) is 2.59. The van der Waals surface area contributed by atoms with Crippen LogP contribution in [0.2, 0.25) is 0 Å². The topological polar surface area (TPSA) is 75.4 Å². The molecule has 2 heterocycles. The first-order valence-electron chi connectivity index (χ1n) is 6.20. The lowest BCUT2D eigenvalue weighted by Crippen LogP contribution is -2.38. The van der Waals surface area contributed by atoms with E-state index >= 15 is 0 Å². The average molecular weight is 269 g/mol. The minimum absolute atomic E-state index is 0.112. The molecule has 1 saturated heterocycles. The van der Waals surface area contributed by atoms with Gasteiger partial charge in [0.05, 0.1) is 18.3 Å². The number of aryl methyl sites for hydroxylation is 1. The van der Waals surface area contributed by atoms with Crippen molar-refractivity contribution in [2.24, 2.45) is 0 Å². The SMILES string of the molecule is CCCn1cc(C(=O)N2CC[C@@](F)(C(=O)O)C2)cn1. The summed E-state index contributed by atoms with van der Waals surface area (Å²) in [5, 5.41) is 12.8. The molecule has 1 amide bonds. The molecule has 1 aromatic rings. The monoisotopic (exact) mass is 269 g/mol. The number of carbonyl (C=O) groups is 2. The van der Waals surface area contributed by atoms with Gasteiger partial charge >= 0.3 is 5.97 Å². The van der Waals surface area contributed by atoms with Crippen molar-refractivity contribution in [1.29, 1.82) is 0 Å². The van der Waals surface area contributed by atoms with Gasteiger partial charge in [0, 0.05) is 25.7 Å². The zero-order chi connectivity index (χ0) is 14.0. The van der Waals surface area contributed by atoms with Gasteiger partial charge in [-0.25, -0.2) is 9.18 Å². The summed E-state index contributed by atoms with van der Waals surface area (Å²) in [6.45, 7) is 2.41. The van der Waals surface area contributed by atoms with Crippen LogP contribution in [0.1, 0.15) is 30.1 Å². The molecule has 1 aromatic heterocycles. The van der Waals surface area contributed by atoms with Crippen molar-refractivity contribution in [2.45, 2.75) is 32.0 Å². The fraction of sp³-hybridized carbons (Fsp3) is 0.583. The number of nitrogens with zero attached hydrogens (tertiary/aromatic N) is 3. The highest BCUT2D eigenvalue weighted by atomic mass is 19.1. The second kappa shape index (κ2) is 4.99. The molecule has 1 N–H and O–H groups in total. The second-order valence-electron chi connectivity index (χ2n) is 4.74. The van der Waals surface area contributed by atoms with E-state index < -0.39 is 18.2 Å². The van der Waals surface area contributed by atoms with Gasteiger partial charge in [-0.3, -0.25) is 9.48 Å². The number of halogens is 1. The Morgan fingerprint density at radius 3 is 2.89 bits per heavy atom. The molecule has 0 aliphatic carbocycles. The number of rotatable bonds is 4. The Labute approximate surface area is 109 Å². The van der Waals surface area contributed by atoms with Gasteiger partial charge in [-0.05, 0) is 6.42 Å². The number of amides is 1. The minimum Gasteiger partial charge on any atom is -0.479 e. The van der Waals surface area contributed by atoms with Gasteiger partial charge in [-0.1, -0.05) is 6.92 Å². The van der Waals surface area contributed by atoms with Crippen LogP contribution in [0.5, 0.6) is 0 Å². The average Bonchev–Trinajstić information content (AvgIpc) is 2.97. The van der Waals surface area contributed by atoms with Crippen molar-refractivity contribution in [1.82, 2.24) is 14.7 Å². The fourth-order valence-electron chi connectivity index (χ4n) is 2.13. The molecule has 1 aliphatic heterocycles. The number of alkyl halides is 1. The highest BCUT2D eigenvalue weighted by molar-refractivity contribution is 5.94. The van der Waals surface area contributed by atoms with Gasteiger partial charge in [0.1, 0.15) is 0 Å². The van der Waals surface area contributed by atoms with E-state index in [-0.39, 0.29) is 18.9 Å². The normalized spacial score (nSPS) is 22.7. The van der Waals surface area contributed by atoms with Crippen molar-refractivity contribution in [3.63, 3.8) is 0 Å². The molecule has 0 unspecified atom stereocenters. The third-order valence-electron chi connectivity index (χ3n) is 3.22. The molecule has 0 saturated carbocycles. The molecule has 0 radical (unpaired) electrons. The van der Waals surface area contributed by atoms with E-state index in [0.717, 1.165) is 6.42 Å². The Morgan fingerprint density at radius 2 is 2.32 bits per heavy atom. The molecule has 1 aliphatic rings. The first-order valence-corrected chi connectivity index (χ1v) is 6.20. The Kier molecular flexibility index (Phi) is 3.55. The molecular weight excluding hydrogens is 253 g/mol. The number of aliphatic carboxylic acids is 1. The van der Waals surface area contributed by atoms with Crippen molar-refractivity contribution >= 4 is 11.9 Å². The van der Waals surface area contributed by atoms with E-state index in [0.29, 0.717) is 12.1 Å². The number of carbonyl (C=O) groups excluding carboxylic acids is 1. The number of hydrogen-bond acceptors (Lipinski definition) is 3. The first kappa shape index (κ1) is 13.5. The number of likely N-dealkylation sites (tertiary alicyclic amines) is 1. The van der Waals surface area contributed by atoms with E-state index in [2.05, 4.69) is 5.10 Å². The van der Waals surface area contributed by atoms with Gasteiger partial charge in [0.2, 0.25) is 5.67 Å². The van der Waals surface area contributed by atoms with Crippen LogP contribution < -0.4 is 0 Å². The second-order valence-corrected chi connectivity index (χ2v) is 4.74. The highest BCUT2D eigenvalue weighted by Gasteiger charge is 2.47. The Balaban J connectivity index is 2.06. The molecule has 6 nitrogen and oxygen atoms in total. The molecule has 1 atom stereocenters. The van der Waals surface area contributed by atoms with E-state index in [1.807, 2.05) is 6.92 Å². The number of hydrogen-bond donors (Lipinski definition) is 1. The number of carboxylic acids is 1. The molecule has 0 bridgehead atoms. The van der Waals surface area contributed by atoms with Crippen LogP contribution in [0.25, 0.3) is 0 Å². The predicted octanol–water partition coefficient (Wildman–Crippen LogP) is 0.932. The van der Waals surface area contributed by atoms with Crippen molar-refractivity contribution in [3.05, 3.63) is 18.0 Å². The summed E-state index contributed by atoms with van der Waals surface area (Å²) in [7, 11) is 0. The summed E-state index contributed by atoms with van der Waals surface area (Å²) < 4.78 is 15.5. The summed E-state index contributed by atoms with van der Waals surface area (Å²) in [6.07, 6.45) is 3.75. The molecule has 104 valence electrons. The Hall–Kier alpha value is -1.92. The van der Waals surface area contributed by atoms with Crippen LogP contribution in [0.4, 0.5) is 4.39 Å². The van der Waals surface area contributed by atoms with Crippen molar-refractivity contribution in [2.75, 3.05) is 13.1 Å². The van der Waals surface area contributed by atoms with Crippen LogP contribution in [-0.2, 0) is 11.3 Å². The van der Waals surface area contributed by atoms with Gasteiger partial charge in [0.25, 0.3) is 5.91 Å². The van der Waals surface area contributed by atoms with Gasteiger partial charge in [0.15, 0.2) is 0 Å². The van der Waals surface area contributed by atoms with Crippen LogP contribution in [0.15, 0.2) is 12.4 Å². The Morgan fingerprint density at radius 1 is 1.58 bits per heavy atom. The number of carboxylic acid groups (broad SMARTS) is 1. The molecule has 0 aromatic carbocycles. The maximum atomic E-state index is 13.9. The van der Waals surface area contributed by atoms with Gasteiger partial charge < -0.3 is 10.0 Å². The van der Waals surface area contributed by atoms with E-state index in [4.69, 9.17) is 5.11 Å². The largest absolute Gasteiger partial charge is 0.479 e. The number of aromatic nitrogens is 2. The van der Waals surface area contributed by atoms with E-state index in [9.17, 15) is 14.0 Å². The van der Waals surface area contributed by atoms with Crippen LogP contribution >= 0.6 is 0 Å². The summed E-state index contributed by atoms with van der Waals surface area (Å²) in [6, 6.07) is 0. The maximum absolute atomic E-state index is 13.9. The lowest BCUT2D eigenvalue weighted by molar-refractivity contribution is -0.149. The minimum atomic E-state index is -2.32. The summed E-state index contributed by atoms with van der Waals surface area (Å²) in [4.78, 5) is 24.1. The Bertz CT molecular complexity index is 502. The van der Waals surface area contributed by atoms with Crippen LogP contribution in [0, 0.1) is 0 Å². The lowest BCUT2D eigenvalue weighted by Gasteiger charge is -2.16. The fourth-order valence-corrected chi connectivity index (χ4v) is 2.13. The quantitative estimate of drug-likeness (QED) is 0.882. The first-order chi connectivity index (χ1) is 8.96. The molecule has 7 heteroatoms. The van der Waals surface area contributed by atoms with Crippen molar-refractivity contribution in [3.8, 4) is 0 Å². The standard InChI is InChI=1S/C12H16FN3O3/c1-2-4-16-7-9(6-14-16)10(17)15-5-3-12(13,8-15)11(18)19/h6-7H,2-5,8H2,1H3,(H,18,19)/t12-/m0/s1. The molecule has 0 spiro atoms. The zero-order valence-electron chi connectivity index (χ0n) is 10.7. The summed E-state index contributed by atoms with van der Waals surface area (Å²) in [5.41, 5.74) is -1.96. The van der Waals surface area contributed by atoms with Gasteiger partial charge in [-0.2, -0.15) is 5.10 Å². The lowest BCUT2D eigenvalue weighted by atomic mass is 10.1. The van der Waals surface area contributed by atoms with E-state index in [1.165, 1.54) is 11.1 Å². The van der Waals surface area contributed by atoms with Crippen molar-refractivity contribution < 1.29 is 19.1 Å². The van der Waals surface area contributed by atoms with Gasteiger partial charge in [-0.15, -0.1) is 0 Å². The molecule has 19 heavy (non-hydrogen) atoms. The van der Waals surface area contributed by atoms with E-state index in [1.54, 1.807) is 10.9 Å². The summed E-state index contributed by atoms with van der Waals surface area (Å²) >= 11 is 0. The highest BCUT2D eigenvalue weighted by Crippen LogP contribution is 2.27. The van der Waals surface area contributed by atoms with Crippen LogP contribution in [0.3, 0.4) is 0 Å². The third-order valence-corrected chi connectivity index (χ3v) is 3.22.